The standard InChI is InChI=1S/C23H18ClFN2O5S/c1-31-16-8-9-22(21(12-16)32-2)33(29,30)27-19-10-14(6-7-15(19)13-26-27)11-20(28)23-17(24)4-3-5-18(23)25/h3-10,12-13H,11H2,1-2H3. The normalized spacial score (nSPS) is 11.5. The molecule has 0 aliphatic carbocycles. The van der Waals surface area contributed by atoms with Crippen LogP contribution >= 0.6 is 11.6 Å². The summed E-state index contributed by atoms with van der Waals surface area (Å²) in [5.41, 5.74) is 0.534. The number of hydrogen-bond acceptors (Lipinski definition) is 6. The fraction of sp³-hybridized carbons (Fsp3) is 0.130. The van der Waals surface area contributed by atoms with Crippen LogP contribution in [0.4, 0.5) is 4.39 Å². The number of ether oxygens (including phenoxy) is 2. The molecule has 4 aromatic rings. The number of hydrogen-bond donors (Lipinski definition) is 0. The van der Waals surface area contributed by atoms with E-state index in [1.54, 1.807) is 12.1 Å². The quantitative estimate of drug-likeness (QED) is 0.356. The number of methoxy groups -OCH3 is 2. The van der Waals surface area contributed by atoms with Crippen molar-refractivity contribution in [2.75, 3.05) is 14.2 Å². The Labute approximate surface area is 194 Å². The smallest absolute Gasteiger partial charge is 0.287 e. The minimum Gasteiger partial charge on any atom is -0.497 e. The van der Waals surface area contributed by atoms with Gasteiger partial charge < -0.3 is 9.47 Å². The van der Waals surface area contributed by atoms with Crippen molar-refractivity contribution < 1.29 is 27.1 Å². The van der Waals surface area contributed by atoms with Crippen molar-refractivity contribution in [3.05, 3.63) is 82.8 Å². The summed E-state index contributed by atoms with van der Waals surface area (Å²) in [4.78, 5) is 12.6. The number of aromatic nitrogens is 2. The lowest BCUT2D eigenvalue weighted by atomic mass is 10.0. The third-order valence-electron chi connectivity index (χ3n) is 5.09. The maximum atomic E-state index is 14.1. The molecule has 4 rings (SSSR count). The summed E-state index contributed by atoms with van der Waals surface area (Å²) in [6.07, 6.45) is 1.23. The Morgan fingerprint density at radius 3 is 2.58 bits per heavy atom. The average molecular weight is 489 g/mol. The molecule has 3 aromatic carbocycles. The highest BCUT2D eigenvalue weighted by Gasteiger charge is 2.25. The summed E-state index contributed by atoms with van der Waals surface area (Å²) in [6.45, 7) is 0. The van der Waals surface area contributed by atoms with Crippen molar-refractivity contribution in [2.45, 2.75) is 11.3 Å². The summed E-state index contributed by atoms with van der Waals surface area (Å²) in [6, 6.07) is 13.2. The fourth-order valence-electron chi connectivity index (χ4n) is 3.46. The average Bonchev–Trinajstić information content (AvgIpc) is 3.22. The van der Waals surface area contributed by atoms with Crippen LogP contribution in [0, 0.1) is 5.82 Å². The van der Waals surface area contributed by atoms with E-state index in [0.29, 0.717) is 16.7 Å². The highest BCUT2D eigenvalue weighted by Crippen LogP contribution is 2.31. The van der Waals surface area contributed by atoms with E-state index in [9.17, 15) is 17.6 Å². The van der Waals surface area contributed by atoms with Crippen LogP contribution in [0.1, 0.15) is 15.9 Å². The Balaban J connectivity index is 1.75. The van der Waals surface area contributed by atoms with E-state index >= 15 is 0 Å². The number of benzene rings is 3. The number of Topliss-reactive ketones (excluding diaryl/α,β-unsaturated/α-hetero) is 1. The van der Waals surface area contributed by atoms with Gasteiger partial charge in [0.2, 0.25) is 0 Å². The lowest BCUT2D eigenvalue weighted by molar-refractivity contribution is 0.0989. The van der Waals surface area contributed by atoms with Gasteiger partial charge >= 0.3 is 0 Å². The monoisotopic (exact) mass is 488 g/mol. The lowest BCUT2D eigenvalue weighted by Gasteiger charge is -2.12. The molecule has 1 heterocycles. The van der Waals surface area contributed by atoms with E-state index in [0.717, 1.165) is 10.2 Å². The molecular weight excluding hydrogens is 471 g/mol. The Kier molecular flexibility index (Phi) is 6.09. The van der Waals surface area contributed by atoms with Crippen molar-refractivity contribution in [2.24, 2.45) is 0 Å². The number of fused-ring (bicyclic) bond motifs is 1. The van der Waals surface area contributed by atoms with Gasteiger partial charge in [-0.25, -0.2) is 4.39 Å². The van der Waals surface area contributed by atoms with Gasteiger partial charge in [0, 0.05) is 17.9 Å². The van der Waals surface area contributed by atoms with Crippen molar-refractivity contribution in [3.8, 4) is 11.5 Å². The van der Waals surface area contributed by atoms with Gasteiger partial charge in [-0.05, 0) is 35.9 Å². The molecule has 0 atom stereocenters. The number of ketones is 1. The summed E-state index contributed by atoms with van der Waals surface area (Å²) in [5.74, 6) is -0.710. The Morgan fingerprint density at radius 1 is 1.09 bits per heavy atom. The molecule has 7 nitrogen and oxygen atoms in total. The molecule has 0 spiro atoms. The van der Waals surface area contributed by atoms with Crippen LogP contribution in [-0.4, -0.2) is 37.6 Å². The second kappa shape index (κ2) is 8.84. The molecule has 0 saturated heterocycles. The second-order valence-corrected chi connectivity index (χ2v) is 9.24. The Bertz CT molecular complexity index is 1460. The van der Waals surface area contributed by atoms with Gasteiger partial charge in [-0.2, -0.15) is 17.6 Å². The van der Waals surface area contributed by atoms with E-state index in [1.807, 2.05) is 0 Å². The van der Waals surface area contributed by atoms with Gasteiger partial charge in [0.1, 0.15) is 22.2 Å². The zero-order valence-corrected chi connectivity index (χ0v) is 19.2. The molecule has 0 N–H and O–H groups in total. The van der Waals surface area contributed by atoms with Crippen LogP contribution in [0.3, 0.4) is 0 Å². The van der Waals surface area contributed by atoms with E-state index in [2.05, 4.69) is 5.10 Å². The molecule has 0 saturated carbocycles. The maximum Gasteiger partial charge on any atom is 0.287 e. The van der Waals surface area contributed by atoms with Crippen LogP contribution in [0.5, 0.6) is 11.5 Å². The molecule has 10 heteroatoms. The van der Waals surface area contributed by atoms with E-state index < -0.39 is 21.6 Å². The Morgan fingerprint density at radius 2 is 1.88 bits per heavy atom. The molecule has 33 heavy (non-hydrogen) atoms. The molecule has 0 amide bonds. The molecule has 170 valence electrons. The van der Waals surface area contributed by atoms with Gasteiger partial charge in [-0.15, -0.1) is 0 Å². The number of halogens is 2. The Hall–Kier alpha value is -3.43. The summed E-state index contributed by atoms with van der Waals surface area (Å²) in [7, 11) is -1.33. The fourth-order valence-corrected chi connectivity index (χ4v) is 5.14. The SMILES string of the molecule is COc1ccc(S(=O)(=O)n2ncc3ccc(CC(=O)c4c(F)cccc4Cl)cc32)c(OC)c1. The first kappa shape index (κ1) is 22.8. The van der Waals surface area contributed by atoms with Crippen molar-refractivity contribution in [1.82, 2.24) is 9.19 Å². The molecule has 0 aliphatic heterocycles. The van der Waals surface area contributed by atoms with Crippen LogP contribution in [0.15, 0.2) is 65.7 Å². The van der Waals surface area contributed by atoms with Gasteiger partial charge in [-0.1, -0.05) is 29.8 Å². The third kappa shape index (κ3) is 4.17. The maximum absolute atomic E-state index is 14.1. The molecule has 0 aliphatic rings. The minimum absolute atomic E-state index is 0.0142. The molecule has 0 radical (unpaired) electrons. The largest absolute Gasteiger partial charge is 0.497 e. The molecule has 1 aromatic heterocycles. The summed E-state index contributed by atoms with van der Waals surface area (Å²) >= 11 is 6.00. The molecule has 0 unspecified atom stereocenters. The minimum atomic E-state index is -4.14. The molecular formula is C23H18ClFN2O5S. The molecule has 0 bridgehead atoms. The lowest BCUT2D eigenvalue weighted by Crippen LogP contribution is -2.15. The van der Waals surface area contributed by atoms with E-state index in [1.165, 1.54) is 56.8 Å². The van der Waals surface area contributed by atoms with Gasteiger partial charge in [0.25, 0.3) is 10.0 Å². The van der Waals surface area contributed by atoms with Crippen LogP contribution in [-0.2, 0) is 16.4 Å². The number of rotatable bonds is 7. The first-order chi connectivity index (χ1) is 15.8. The van der Waals surface area contributed by atoms with E-state index in [4.69, 9.17) is 21.1 Å². The summed E-state index contributed by atoms with van der Waals surface area (Å²) < 4.78 is 52.1. The van der Waals surface area contributed by atoms with Crippen LogP contribution in [0.2, 0.25) is 5.02 Å². The van der Waals surface area contributed by atoms with Crippen molar-refractivity contribution in [1.29, 1.82) is 0 Å². The zero-order valence-electron chi connectivity index (χ0n) is 17.6. The predicted molar refractivity (Wildman–Crippen MR) is 121 cm³/mol. The number of carbonyl (C=O) groups excluding carboxylic acids is 1. The third-order valence-corrected chi connectivity index (χ3v) is 7.04. The summed E-state index contributed by atoms with van der Waals surface area (Å²) in [5, 5.41) is 4.61. The van der Waals surface area contributed by atoms with Crippen LogP contribution < -0.4 is 9.47 Å². The van der Waals surface area contributed by atoms with Gasteiger partial charge in [-0.3, -0.25) is 4.79 Å². The van der Waals surface area contributed by atoms with Gasteiger partial charge in [0.05, 0.1) is 36.5 Å². The van der Waals surface area contributed by atoms with Crippen LogP contribution in [0.25, 0.3) is 10.9 Å². The number of carbonyl (C=O) groups is 1. The molecule has 0 fully saturated rings. The highest BCUT2D eigenvalue weighted by atomic mass is 35.5. The van der Waals surface area contributed by atoms with Gasteiger partial charge in [0.15, 0.2) is 5.78 Å². The van der Waals surface area contributed by atoms with Crippen molar-refractivity contribution >= 4 is 38.3 Å². The first-order valence-electron chi connectivity index (χ1n) is 9.67. The van der Waals surface area contributed by atoms with E-state index in [-0.39, 0.29) is 33.2 Å². The zero-order chi connectivity index (χ0) is 23.8. The predicted octanol–water partition coefficient (Wildman–Crippen LogP) is 4.51. The first-order valence-corrected chi connectivity index (χ1v) is 11.5. The topological polar surface area (TPSA) is 87.5 Å². The second-order valence-electron chi connectivity index (χ2n) is 7.10. The highest BCUT2D eigenvalue weighted by molar-refractivity contribution is 7.90. The van der Waals surface area contributed by atoms with Crippen molar-refractivity contribution in [3.63, 3.8) is 0 Å². The number of nitrogens with zero attached hydrogens (tertiary/aromatic N) is 2.